The van der Waals surface area contributed by atoms with E-state index in [4.69, 9.17) is 9.47 Å². The van der Waals surface area contributed by atoms with E-state index in [1.165, 1.54) is 154 Å². The molecule has 0 radical (unpaired) electrons. The Balaban J connectivity index is 4.53. The van der Waals surface area contributed by atoms with Crippen molar-refractivity contribution in [3.8, 4) is 0 Å². The third kappa shape index (κ3) is 35.2. The van der Waals surface area contributed by atoms with Gasteiger partial charge in [0.2, 0.25) is 0 Å². The van der Waals surface area contributed by atoms with Crippen LogP contribution in [0.15, 0.2) is 24.3 Å². The van der Waals surface area contributed by atoms with Crippen molar-refractivity contribution in [2.75, 3.05) is 54.5 Å². The van der Waals surface area contributed by atoms with Gasteiger partial charge in [-0.1, -0.05) is 180 Å². The van der Waals surface area contributed by atoms with Gasteiger partial charge in [0.15, 0.2) is 0 Å². The zero-order valence-electron chi connectivity index (χ0n) is 43.2. The summed E-state index contributed by atoms with van der Waals surface area (Å²) in [6, 6.07) is 0.342. The lowest BCUT2D eigenvalue weighted by atomic mass is 9.96. The normalized spacial score (nSPS) is 14.4. The molecule has 0 aliphatic rings. The average Bonchev–Trinajstić information content (AvgIpc) is 3.25. The molecule has 8 heteroatoms. The first-order chi connectivity index (χ1) is 30.4. The lowest BCUT2D eigenvalue weighted by molar-refractivity contribution is -0.919. The van der Waals surface area contributed by atoms with Gasteiger partial charge in [0.25, 0.3) is 0 Å². The van der Waals surface area contributed by atoms with Crippen molar-refractivity contribution in [3.05, 3.63) is 24.3 Å². The predicted octanol–water partition coefficient (Wildman–Crippen LogP) is 13.7. The van der Waals surface area contributed by atoms with E-state index in [0.29, 0.717) is 19.3 Å². The summed E-state index contributed by atoms with van der Waals surface area (Å²) in [5.41, 5.74) is 0. The summed E-state index contributed by atoms with van der Waals surface area (Å²) < 4.78 is 12.4. The van der Waals surface area contributed by atoms with Crippen molar-refractivity contribution in [2.24, 2.45) is 0 Å². The number of nitrogens with zero attached hydrogens (tertiary/aromatic N) is 2. The zero-order chi connectivity index (χ0) is 46.9. The van der Waals surface area contributed by atoms with Gasteiger partial charge in [-0.25, -0.2) is 0 Å². The molecule has 0 bridgehead atoms. The second-order valence-corrected chi connectivity index (χ2v) is 20.2. The van der Waals surface area contributed by atoms with Gasteiger partial charge in [-0.05, 0) is 51.4 Å². The van der Waals surface area contributed by atoms with Crippen LogP contribution in [0, 0.1) is 0 Å². The van der Waals surface area contributed by atoms with Crippen LogP contribution in [-0.2, 0) is 19.1 Å². The third-order valence-corrected chi connectivity index (χ3v) is 13.5. The fourth-order valence-electron chi connectivity index (χ4n) is 9.26. The predicted molar refractivity (Wildman–Crippen MR) is 269 cm³/mol. The van der Waals surface area contributed by atoms with Gasteiger partial charge < -0.3 is 28.7 Å². The molecule has 0 heterocycles. The lowest BCUT2D eigenvalue weighted by Gasteiger charge is -2.41. The number of hydrogen-bond acceptors (Lipinski definition) is 6. The van der Waals surface area contributed by atoms with Crippen LogP contribution in [-0.4, -0.2) is 110 Å². The molecule has 372 valence electrons. The van der Waals surface area contributed by atoms with E-state index < -0.39 is 12.2 Å². The van der Waals surface area contributed by atoms with E-state index in [1.807, 2.05) is 24.3 Å². The fourth-order valence-corrected chi connectivity index (χ4v) is 9.26. The van der Waals surface area contributed by atoms with Crippen LogP contribution in [0.5, 0.6) is 0 Å². The van der Waals surface area contributed by atoms with Crippen molar-refractivity contribution in [1.29, 1.82) is 0 Å². The summed E-state index contributed by atoms with van der Waals surface area (Å²) >= 11 is 0. The quantitative estimate of drug-likeness (QED) is 0.0274. The number of likely N-dealkylation sites (N-methyl/N-ethyl adjacent to an activating group) is 2. The van der Waals surface area contributed by atoms with Crippen molar-refractivity contribution in [1.82, 2.24) is 0 Å². The molecule has 4 atom stereocenters. The van der Waals surface area contributed by atoms with Gasteiger partial charge in [-0.15, -0.1) is 0 Å². The summed E-state index contributed by atoms with van der Waals surface area (Å²) in [6.45, 7) is 11.5. The van der Waals surface area contributed by atoms with Crippen LogP contribution in [0.4, 0.5) is 0 Å². The van der Waals surface area contributed by atoms with E-state index in [0.717, 1.165) is 47.7 Å². The standard InChI is InChI=1S/C55H108N2O6/c1-9-13-17-19-21-23-25-27-29-37-46-56(5,6)50(40-31-15-11-3)52(58)42-33-35-44-54(60)62-48-39-49-63-55(61)45-36-34-43-53(59)51(41-32-16-12-4)57(7,8)47-38-30-28-26-24-22-20-18-14-10-2/h33-36,50-53,58-59H,9-32,37-49H2,1-8H3/q+2/b35-33+,36-34+. The van der Waals surface area contributed by atoms with Crippen LogP contribution in [0.1, 0.15) is 240 Å². The lowest BCUT2D eigenvalue weighted by Crippen LogP contribution is -2.54. The Labute approximate surface area is 391 Å². The third-order valence-electron chi connectivity index (χ3n) is 13.5. The Morgan fingerprint density at radius 3 is 1.02 bits per heavy atom. The van der Waals surface area contributed by atoms with E-state index in [2.05, 4.69) is 55.9 Å². The van der Waals surface area contributed by atoms with Crippen molar-refractivity contribution < 1.29 is 38.2 Å². The van der Waals surface area contributed by atoms with Crippen LogP contribution in [0.3, 0.4) is 0 Å². The smallest absolute Gasteiger partial charge is 0.309 e. The topological polar surface area (TPSA) is 93.1 Å². The minimum atomic E-state index is -0.454. The average molecular weight is 893 g/mol. The number of esters is 2. The maximum absolute atomic E-state index is 12.4. The second-order valence-electron chi connectivity index (χ2n) is 20.2. The molecule has 0 amide bonds. The molecule has 0 aromatic rings. The molecule has 0 rings (SSSR count). The molecule has 0 aliphatic heterocycles. The minimum Gasteiger partial charge on any atom is -0.465 e. The summed E-state index contributed by atoms with van der Waals surface area (Å²) in [4.78, 5) is 24.8. The molecule has 0 saturated carbocycles. The number of carbonyl (C=O) groups excluding carboxylic acids is 2. The summed E-state index contributed by atoms with van der Waals surface area (Å²) in [5, 5.41) is 22.7. The van der Waals surface area contributed by atoms with Gasteiger partial charge in [0.1, 0.15) is 24.3 Å². The van der Waals surface area contributed by atoms with E-state index in [-0.39, 0.29) is 50.1 Å². The molecular formula is C55H108N2O6+2. The summed E-state index contributed by atoms with van der Waals surface area (Å²) in [5.74, 6) is -0.633. The monoisotopic (exact) mass is 893 g/mol. The van der Waals surface area contributed by atoms with Crippen LogP contribution >= 0.6 is 0 Å². The number of aliphatic hydroxyl groups excluding tert-OH is 2. The van der Waals surface area contributed by atoms with E-state index >= 15 is 0 Å². The first-order valence-corrected chi connectivity index (χ1v) is 27.0. The summed E-state index contributed by atoms with van der Waals surface area (Å²) in [6.07, 6.45) is 43.9. The largest absolute Gasteiger partial charge is 0.465 e. The molecule has 0 spiro atoms. The number of hydrogen-bond donors (Lipinski definition) is 2. The molecule has 0 aromatic carbocycles. The van der Waals surface area contributed by atoms with E-state index in [1.54, 1.807) is 0 Å². The number of aliphatic hydroxyl groups is 2. The molecule has 0 aromatic heterocycles. The van der Waals surface area contributed by atoms with Crippen molar-refractivity contribution in [2.45, 2.75) is 264 Å². The molecular weight excluding hydrogens is 785 g/mol. The molecule has 0 fully saturated rings. The Bertz CT molecular complexity index is 1020. The highest BCUT2D eigenvalue weighted by atomic mass is 16.5. The maximum Gasteiger partial charge on any atom is 0.309 e. The second kappa shape index (κ2) is 41.7. The number of rotatable bonds is 46. The number of carbonyl (C=O) groups is 2. The zero-order valence-corrected chi connectivity index (χ0v) is 43.2. The van der Waals surface area contributed by atoms with Gasteiger partial charge in [0.05, 0.1) is 67.3 Å². The van der Waals surface area contributed by atoms with Gasteiger partial charge in [0, 0.05) is 19.3 Å². The molecule has 8 nitrogen and oxygen atoms in total. The fraction of sp³-hybridized carbons (Fsp3) is 0.891. The molecule has 4 unspecified atom stereocenters. The Hall–Kier alpha value is -1.74. The molecule has 2 N–H and O–H groups in total. The number of quaternary nitrogens is 2. The van der Waals surface area contributed by atoms with Gasteiger partial charge >= 0.3 is 11.9 Å². The molecule has 63 heavy (non-hydrogen) atoms. The van der Waals surface area contributed by atoms with Crippen LogP contribution in [0.2, 0.25) is 0 Å². The maximum atomic E-state index is 12.4. The molecule has 0 saturated heterocycles. The minimum absolute atomic E-state index is 0.162. The Morgan fingerprint density at radius 1 is 0.413 bits per heavy atom. The Kier molecular flexibility index (Phi) is 40.5. The highest BCUT2D eigenvalue weighted by Gasteiger charge is 2.34. The van der Waals surface area contributed by atoms with Crippen LogP contribution < -0.4 is 0 Å². The SMILES string of the molecule is CCCCCCCCCCCC[N+](C)(C)C(CCCCC)C(O)C/C=C/CC(=O)OCCCOC(=O)C/C=C/CC(O)C(CCCCC)[N+](C)(C)CCCCCCCCCCCC. The highest BCUT2D eigenvalue weighted by Crippen LogP contribution is 2.24. The first kappa shape index (κ1) is 61.3. The van der Waals surface area contributed by atoms with Crippen molar-refractivity contribution in [3.63, 3.8) is 0 Å². The van der Waals surface area contributed by atoms with E-state index in [9.17, 15) is 19.8 Å². The summed E-state index contributed by atoms with van der Waals surface area (Å²) in [7, 11) is 9.11. The highest BCUT2D eigenvalue weighted by molar-refractivity contribution is 5.71. The Morgan fingerprint density at radius 2 is 0.698 bits per heavy atom. The van der Waals surface area contributed by atoms with Crippen molar-refractivity contribution >= 4 is 11.9 Å². The first-order valence-electron chi connectivity index (χ1n) is 27.0. The number of unbranched alkanes of at least 4 members (excludes halogenated alkanes) is 22. The molecule has 0 aliphatic carbocycles. The van der Waals surface area contributed by atoms with Crippen LogP contribution in [0.25, 0.3) is 0 Å². The number of ether oxygens (including phenoxy) is 2. The van der Waals surface area contributed by atoms with Gasteiger partial charge in [-0.2, -0.15) is 0 Å². The van der Waals surface area contributed by atoms with Gasteiger partial charge in [-0.3, -0.25) is 9.59 Å².